The zero-order valence-electron chi connectivity index (χ0n) is 36.1. The van der Waals surface area contributed by atoms with E-state index >= 15 is 0 Å². The molecule has 1 unspecified atom stereocenters. The second kappa shape index (κ2) is 20.7. The molecule has 3 aliphatic heterocycles. The second-order valence-electron chi connectivity index (χ2n) is 15.7. The molecule has 1 atom stereocenters. The van der Waals surface area contributed by atoms with Crippen molar-refractivity contribution in [2.45, 2.75) is 32.3 Å². The average Bonchev–Trinajstić information content (AvgIpc) is 4.17. The van der Waals surface area contributed by atoms with Crippen LogP contribution in [0.3, 0.4) is 0 Å². The van der Waals surface area contributed by atoms with Crippen LogP contribution in [0.4, 0.5) is 26.2 Å². The summed E-state index contributed by atoms with van der Waals surface area (Å²) in [5.41, 5.74) is 5.18. The van der Waals surface area contributed by atoms with E-state index in [2.05, 4.69) is 60.3 Å². The minimum absolute atomic E-state index is 0. The van der Waals surface area contributed by atoms with E-state index in [4.69, 9.17) is 34.0 Å². The summed E-state index contributed by atoms with van der Waals surface area (Å²) in [6, 6.07) is 25.8. The van der Waals surface area contributed by atoms with Crippen molar-refractivity contribution in [1.82, 2.24) is 44.5 Å². The predicted molar refractivity (Wildman–Crippen MR) is 243 cm³/mol. The third-order valence-electron chi connectivity index (χ3n) is 11.0. The Morgan fingerprint density at radius 1 is 0.708 bits per heavy atom. The van der Waals surface area contributed by atoms with Crippen LogP contribution in [0.5, 0.6) is 6.01 Å². The van der Waals surface area contributed by atoms with Gasteiger partial charge in [-0.3, -0.25) is 4.98 Å². The maximum absolute atomic E-state index is 13.6. The first kappa shape index (κ1) is 43.4. The van der Waals surface area contributed by atoms with Crippen molar-refractivity contribution >= 4 is 17.5 Å². The predicted octanol–water partition coefficient (Wildman–Crippen LogP) is 6.77. The molecule has 0 saturated carbocycles. The molecule has 7 aromatic rings. The summed E-state index contributed by atoms with van der Waals surface area (Å²) in [6.07, 6.45) is 8.27. The fourth-order valence-corrected chi connectivity index (χ4v) is 7.57. The maximum Gasteiger partial charge on any atom is 0.320 e. The summed E-state index contributed by atoms with van der Waals surface area (Å²) in [6.45, 7) is 9.58. The van der Waals surface area contributed by atoms with Crippen molar-refractivity contribution < 1.29 is 29.2 Å². The number of morpholine rings is 2. The molecule has 338 valence electrons. The standard InChI is InChI=1S/C25H27N7O.C22H23F2N5O3.H2/c1-19-5-4-6-20(17-19)22-9-12-32(30-22)25-28-23(27-11-8-21-7-2-3-10-26-21)18-24(29-25)31-13-15-33-16-14-31;23-17-4-3-15(12-18(17)24)19-5-6-29(27-19)21-13-20(28-7-10-30-11-8-28)25-22(26-21)32-14-16-2-1-9-31-16;/h2-7,9-10,12,17-18H,8,11,13-16H2,1H3,(H,27,28,29);3-6,12-13,16H,1-2,7-11,14H2;1H. The van der Waals surface area contributed by atoms with Gasteiger partial charge in [-0.1, -0.05) is 29.8 Å². The van der Waals surface area contributed by atoms with Gasteiger partial charge in [0.05, 0.1) is 43.9 Å². The molecule has 5 aromatic heterocycles. The van der Waals surface area contributed by atoms with Gasteiger partial charge in [0, 0.05) is 94.7 Å². The number of halogens is 2. The van der Waals surface area contributed by atoms with Crippen LogP contribution in [0.15, 0.2) is 104 Å². The summed E-state index contributed by atoms with van der Waals surface area (Å²) in [7, 11) is 0. The smallest absolute Gasteiger partial charge is 0.320 e. The minimum Gasteiger partial charge on any atom is -0.461 e. The molecule has 0 bridgehead atoms. The van der Waals surface area contributed by atoms with E-state index in [0.717, 1.165) is 86.2 Å². The number of benzene rings is 2. The Morgan fingerprint density at radius 2 is 1.43 bits per heavy atom. The third kappa shape index (κ3) is 11.3. The van der Waals surface area contributed by atoms with Crippen LogP contribution >= 0.6 is 0 Å². The Balaban J connectivity index is 0.000000177. The third-order valence-corrected chi connectivity index (χ3v) is 11.0. The first-order chi connectivity index (χ1) is 31.9. The molecule has 8 heterocycles. The lowest BCUT2D eigenvalue weighted by Gasteiger charge is -2.28. The number of aromatic nitrogens is 9. The van der Waals surface area contributed by atoms with Crippen molar-refractivity contribution in [3.63, 3.8) is 0 Å². The van der Waals surface area contributed by atoms with Gasteiger partial charge < -0.3 is 34.1 Å². The number of nitrogens with zero attached hydrogens (tertiary/aromatic N) is 11. The summed E-state index contributed by atoms with van der Waals surface area (Å²) in [4.78, 5) is 27.4. The van der Waals surface area contributed by atoms with Gasteiger partial charge in [0.15, 0.2) is 17.5 Å². The highest BCUT2D eigenvalue weighted by Gasteiger charge is 2.21. The van der Waals surface area contributed by atoms with E-state index in [0.29, 0.717) is 75.0 Å². The molecule has 18 heteroatoms. The van der Waals surface area contributed by atoms with Gasteiger partial charge in [0.2, 0.25) is 0 Å². The highest BCUT2D eigenvalue weighted by atomic mass is 19.2. The van der Waals surface area contributed by atoms with Gasteiger partial charge in [-0.25, -0.2) is 18.1 Å². The summed E-state index contributed by atoms with van der Waals surface area (Å²) < 4.78 is 52.7. The largest absolute Gasteiger partial charge is 0.461 e. The minimum atomic E-state index is -0.918. The summed E-state index contributed by atoms with van der Waals surface area (Å²) in [5, 5.41) is 12.7. The number of ether oxygens (including phenoxy) is 4. The molecule has 0 amide bonds. The molecule has 10 rings (SSSR count). The van der Waals surface area contributed by atoms with Crippen molar-refractivity contribution in [2.75, 3.05) is 87.5 Å². The van der Waals surface area contributed by atoms with Crippen LogP contribution < -0.4 is 19.9 Å². The normalized spacial score (nSPS) is 16.3. The van der Waals surface area contributed by atoms with E-state index in [-0.39, 0.29) is 13.5 Å². The summed E-state index contributed by atoms with van der Waals surface area (Å²) >= 11 is 0. The number of rotatable bonds is 13. The number of pyridine rings is 1. The number of hydrogen-bond acceptors (Lipinski definition) is 14. The van der Waals surface area contributed by atoms with E-state index < -0.39 is 11.6 Å². The Kier molecular flexibility index (Phi) is 13.8. The molecular formula is C47H52F2N12O4. The first-order valence-electron chi connectivity index (χ1n) is 21.9. The molecule has 0 spiro atoms. The lowest BCUT2D eigenvalue weighted by molar-refractivity contribution is 0.0645. The zero-order valence-corrected chi connectivity index (χ0v) is 36.1. The molecule has 65 heavy (non-hydrogen) atoms. The maximum atomic E-state index is 13.6. The van der Waals surface area contributed by atoms with E-state index in [1.54, 1.807) is 21.6 Å². The van der Waals surface area contributed by atoms with Crippen LogP contribution in [-0.2, 0) is 20.6 Å². The van der Waals surface area contributed by atoms with Gasteiger partial charge in [-0.15, -0.1) is 0 Å². The molecule has 3 saturated heterocycles. The van der Waals surface area contributed by atoms with Crippen molar-refractivity contribution in [3.05, 3.63) is 126 Å². The Labute approximate surface area is 376 Å². The van der Waals surface area contributed by atoms with E-state index in [1.165, 1.54) is 11.6 Å². The fraction of sp³-hybridized carbons (Fsp3) is 0.340. The highest BCUT2D eigenvalue weighted by Crippen LogP contribution is 2.26. The molecule has 0 radical (unpaired) electrons. The topological polar surface area (TPSA) is 156 Å². The fourth-order valence-electron chi connectivity index (χ4n) is 7.57. The van der Waals surface area contributed by atoms with Gasteiger partial charge in [0.1, 0.15) is 24.1 Å². The monoisotopic (exact) mass is 886 g/mol. The first-order valence-corrected chi connectivity index (χ1v) is 21.9. The van der Waals surface area contributed by atoms with Gasteiger partial charge >= 0.3 is 6.01 Å². The van der Waals surface area contributed by atoms with Crippen LogP contribution in [-0.4, -0.2) is 123 Å². The average molecular weight is 887 g/mol. The number of anilines is 3. The quantitative estimate of drug-likeness (QED) is 0.129. The molecule has 3 aliphatic rings. The Hall–Kier alpha value is -6.89. The van der Waals surface area contributed by atoms with E-state index in [1.807, 2.05) is 54.9 Å². The SMILES string of the molecule is Cc1cccc(-c2ccn(-c3nc(NCCc4ccccn4)cc(N4CCOCC4)n3)n2)c1.Fc1ccc(-c2ccn(-c3cc(N4CCOCC4)nc(OCC4CCCO4)n3)n2)cc1F.[HH]. The van der Waals surface area contributed by atoms with Crippen molar-refractivity contribution in [1.29, 1.82) is 0 Å². The highest BCUT2D eigenvalue weighted by molar-refractivity contribution is 5.61. The molecular weight excluding hydrogens is 835 g/mol. The Bertz CT molecular complexity index is 2660. The van der Waals surface area contributed by atoms with Crippen LogP contribution in [0.2, 0.25) is 0 Å². The van der Waals surface area contributed by atoms with Crippen molar-refractivity contribution in [2.24, 2.45) is 0 Å². The number of hydrogen-bond donors (Lipinski definition) is 1. The van der Waals surface area contributed by atoms with Crippen LogP contribution in [0, 0.1) is 18.6 Å². The summed E-state index contributed by atoms with van der Waals surface area (Å²) in [5.74, 6) is 1.59. The van der Waals surface area contributed by atoms with Crippen molar-refractivity contribution in [3.8, 4) is 40.3 Å². The molecule has 2 aromatic carbocycles. The molecule has 16 nitrogen and oxygen atoms in total. The van der Waals surface area contributed by atoms with Crippen LogP contribution in [0.25, 0.3) is 34.3 Å². The molecule has 3 fully saturated rings. The van der Waals surface area contributed by atoms with Gasteiger partial charge in [-0.05, 0) is 68.3 Å². The lowest BCUT2D eigenvalue weighted by Crippen LogP contribution is -2.37. The Morgan fingerprint density at radius 3 is 2.14 bits per heavy atom. The lowest BCUT2D eigenvalue weighted by atomic mass is 10.1. The second-order valence-corrected chi connectivity index (χ2v) is 15.7. The van der Waals surface area contributed by atoms with Gasteiger partial charge in [0.25, 0.3) is 5.95 Å². The van der Waals surface area contributed by atoms with Gasteiger partial charge in [-0.2, -0.15) is 30.1 Å². The molecule has 0 aliphatic carbocycles. The van der Waals surface area contributed by atoms with Crippen LogP contribution in [0.1, 0.15) is 25.5 Å². The number of nitrogens with one attached hydrogen (secondary N) is 1. The van der Waals surface area contributed by atoms with E-state index in [9.17, 15) is 8.78 Å². The number of aryl methyl sites for hydroxylation is 1. The zero-order chi connectivity index (χ0) is 44.4. The molecule has 1 N–H and O–H groups in total.